The average Bonchev–Trinajstić information content (AvgIpc) is 2.16. The number of hydrogen-bond acceptors (Lipinski definition) is 5. The number of rotatable bonds is 4. The summed E-state index contributed by atoms with van der Waals surface area (Å²) in [5, 5.41) is 1.00. The Morgan fingerprint density at radius 3 is 2.86 bits per heavy atom. The van der Waals surface area contributed by atoms with Crippen molar-refractivity contribution in [1.82, 2.24) is 9.97 Å². The largest absolute Gasteiger partial charge is 0.292 e. The molecule has 0 bridgehead atoms. The third-order valence-corrected chi connectivity index (χ3v) is 3.13. The highest BCUT2D eigenvalue weighted by atomic mass is 32.2. The molecule has 0 amide bonds. The Hall–Kier alpha value is -0.810. The molecule has 0 aliphatic carbocycles. The summed E-state index contributed by atoms with van der Waals surface area (Å²) >= 11 is 1.74. The van der Waals surface area contributed by atoms with Crippen LogP contribution in [-0.4, -0.2) is 15.7 Å². The van der Waals surface area contributed by atoms with Crippen molar-refractivity contribution in [2.45, 2.75) is 25.8 Å². The minimum atomic E-state index is 0.474. The zero-order valence-electron chi connectivity index (χ0n) is 8.74. The zero-order chi connectivity index (χ0) is 10.6. The van der Waals surface area contributed by atoms with Gasteiger partial charge in [0, 0.05) is 11.9 Å². The van der Waals surface area contributed by atoms with Gasteiger partial charge in [-0.3, -0.25) is 5.43 Å². The molecule has 0 aliphatic heterocycles. The van der Waals surface area contributed by atoms with Gasteiger partial charge in [0.2, 0.25) is 5.95 Å². The second-order valence-corrected chi connectivity index (χ2v) is 4.54. The Morgan fingerprint density at radius 1 is 1.57 bits per heavy atom. The van der Waals surface area contributed by atoms with Crippen LogP contribution in [0.2, 0.25) is 0 Å². The van der Waals surface area contributed by atoms with Gasteiger partial charge in [-0.05, 0) is 18.4 Å². The van der Waals surface area contributed by atoms with Gasteiger partial charge in [0.25, 0.3) is 0 Å². The Balaban J connectivity index is 2.73. The highest BCUT2D eigenvalue weighted by molar-refractivity contribution is 7.99. The van der Waals surface area contributed by atoms with Crippen LogP contribution in [0.4, 0.5) is 5.95 Å². The van der Waals surface area contributed by atoms with Crippen molar-refractivity contribution in [2.75, 3.05) is 11.2 Å². The third-order valence-electron chi connectivity index (χ3n) is 1.61. The molecule has 1 aromatic heterocycles. The van der Waals surface area contributed by atoms with E-state index in [0.29, 0.717) is 11.9 Å². The smallest absolute Gasteiger partial charge is 0.238 e. The summed E-state index contributed by atoms with van der Waals surface area (Å²) in [7, 11) is 0. The molecular formula is C9H16N4S. The molecule has 4 nitrogen and oxygen atoms in total. The topological polar surface area (TPSA) is 63.8 Å². The minimum absolute atomic E-state index is 0.474. The monoisotopic (exact) mass is 212 g/mol. The second kappa shape index (κ2) is 5.17. The fourth-order valence-electron chi connectivity index (χ4n) is 0.888. The van der Waals surface area contributed by atoms with Crippen molar-refractivity contribution in [1.29, 1.82) is 0 Å². The number of anilines is 1. The number of hydrogen-bond donors (Lipinski definition) is 2. The molecule has 78 valence electrons. The van der Waals surface area contributed by atoms with Crippen LogP contribution in [0.1, 0.15) is 19.4 Å². The van der Waals surface area contributed by atoms with E-state index in [0.717, 1.165) is 16.3 Å². The molecule has 3 N–H and O–H groups in total. The maximum absolute atomic E-state index is 5.24. The highest BCUT2D eigenvalue weighted by Gasteiger charge is 2.04. The van der Waals surface area contributed by atoms with E-state index in [9.17, 15) is 0 Å². The van der Waals surface area contributed by atoms with Crippen molar-refractivity contribution < 1.29 is 0 Å². The van der Waals surface area contributed by atoms with E-state index >= 15 is 0 Å². The van der Waals surface area contributed by atoms with Crippen LogP contribution in [0.3, 0.4) is 0 Å². The summed E-state index contributed by atoms with van der Waals surface area (Å²) in [6.45, 7) is 6.38. The molecule has 14 heavy (non-hydrogen) atoms. The van der Waals surface area contributed by atoms with Crippen LogP contribution in [-0.2, 0) is 0 Å². The lowest BCUT2D eigenvalue weighted by Crippen LogP contribution is -2.11. The molecule has 0 aromatic carbocycles. The van der Waals surface area contributed by atoms with Crippen LogP contribution in [0.5, 0.6) is 0 Å². The van der Waals surface area contributed by atoms with E-state index in [2.05, 4.69) is 29.2 Å². The van der Waals surface area contributed by atoms with E-state index < -0.39 is 0 Å². The fraction of sp³-hybridized carbons (Fsp3) is 0.556. The minimum Gasteiger partial charge on any atom is -0.292 e. The quantitative estimate of drug-likeness (QED) is 0.345. The summed E-state index contributed by atoms with van der Waals surface area (Å²) in [6, 6.07) is 0. The summed E-state index contributed by atoms with van der Waals surface area (Å²) in [4.78, 5) is 8.30. The number of hydrazine groups is 1. The van der Waals surface area contributed by atoms with Crippen molar-refractivity contribution in [3.05, 3.63) is 11.8 Å². The predicted octanol–water partition coefficient (Wildman–Crippen LogP) is 1.82. The van der Waals surface area contributed by atoms with Gasteiger partial charge in [0.1, 0.15) is 5.03 Å². The summed E-state index contributed by atoms with van der Waals surface area (Å²) in [5.74, 6) is 7.43. The first-order valence-electron chi connectivity index (χ1n) is 4.56. The molecule has 0 radical (unpaired) electrons. The molecule has 1 rings (SSSR count). The number of nitrogens with one attached hydrogen (secondary N) is 1. The van der Waals surface area contributed by atoms with Gasteiger partial charge < -0.3 is 0 Å². The Bertz CT molecular complexity index is 301. The number of nitrogens with two attached hydrogens (primary N) is 1. The summed E-state index contributed by atoms with van der Waals surface area (Å²) < 4.78 is 0. The van der Waals surface area contributed by atoms with Gasteiger partial charge in [-0.15, -0.1) is 11.8 Å². The van der Waals surface area contributed by atoms with Crippen molar-refractivity contribution in [3.63, 3.8) is 0 Å². The molecule has 5 heteroatoms. The van der Waals surface area contributed by atoms with E-state index in [-0.39, 0.29) is 0 Å². The van der Waals surface area contributed by atoms with E-state index in [1.807, 2.05) is 6.92 Å². The Labute approximate surface area is 88.7 Å². The molecule has 0 atom stereocenters. The number of nitrogens with zero attached hydrogens (tertiary/aromatic N) is 2. The molecule has 0 unspecified atom stereocenters. The average molecular weight is 212 g/mol. The van der Waals surface area contributed by atoms with Gasteiger partial charge in [-0.25, -0.2) is 15.8 Å². The van der Waals surface area contributed by atoms with Gasteiger partial charge in [-0.1, -0.05) is 13.8 Å². The third kappa shape index (κ3) is 3.16. The van der Waals surface area contributed by atoms with Gasteiger partial charge in [0.05, 0.1) is 0 Å². The first-order valence-corrected chi connectivity index (χ1v) is 5.55. The summed E-state index contributed by atoms with van der Waals surface area (Å²) in [5.41, 5.74) is 3.54. The van der Waals surface area contributed by atoms with Crippen LogP contribution in [0, 0.1) is 12.8 Å². The predicted molar refractivity (Wildman–Crippen MR) is 60.1 cm³/mol. The van der Waals surface area contributed by atoms with Crippen LogP contribution in [0.25, 0.3) is 0 Å². The van der Waals surface area contributed by atoms with Crippen molar-refractivity contribution in [2.24, 2.45) is 11.8 Å². The van der Waals surface area contributed by atoms with Crippen molar-refractivity contribution >= 4 is 17.7 Å². The van der Waals surface area contributed by atoms with Crippen LogP contribution >= 0.6 is 11.8 Å². The lowest BCUT2D eigenvalue weighted by Gasteiger charge is -2.07. The second-order valence-electron chi connectivity index (χ2n) is 3.53. The van der Waals surface area contributed by atoms with Gasteiger partial charge >= 0.3 is 0 Å². The molecule has 0 saturated heterocycles. The van der Waals surface area contributed by atoms with E-state index in [4.69, 9.17) is 5.84 Å². The molecule has 0 fully saturated rings. The number of aryl methyl sites for hydroxylation is 1. The molecule has 0 aliphatic rings. The molecule has 1 heterocycles. The zero-order valence-corrected chi connectivity index (χ0v) is 9.56. The lowest BCUT2D eigenvalue weighted by atomic mass is 10.3. The first kappa shape index (κ1) is 11.3. The highest BCUT2D eigenvalue weighted by Crippen LogP contribution is 2.22. The molecule has 0 saturated carbocycles. The van der Waals surface area contributed by atoms with E-state index in [1.54, 1.807) is 18.0 Å². The fourth-order valence-corrected chi connectivity index (χ4v) is 1.81. The first-order chi connectivity index (χ1) is 6.63. The lowest BCUT2D eigenvalue weighted by molar-refractivity contribution is 0.749. The number of nitrogen functional groups attached to an aromatic ring is 1. The normalized spacial score (nSPS) is 10.6. The maximum Gasteiger partial charge on any atom is 0.238 e. The Kier molecular flexibility index (Phi) is 4.16. The standard InChI is InChI=1S/C9H16N4S/c1-6(2)5-14-8-7(3)4-11-9(12-8)13-10/h4,6H,5,10H2,1-3H3,(H,11,12,13). The number of aromatic nitrogens is 2. The molecule has 1 aromatic rings. The van der Waals surface area contributed by atoms with Gasteiger partial charge in [-0.2, -0.15) is 0 Å². The summed E-state index contributed by atoms with van der Waals surface area (Å²) in [6.07, 6.45) is 1.78. The van der Waals surface area contributed by atoms with Gasteiger partial charge in [0.15, 0.2) is 0 Å². The Morgan fingerprint density at radius 2 is 2.29 bits per heavy atom. The molecular weight excluding hydrogens is 196 g/mol. The SMILES string of the molecule is Cc1cnc(NN)nc1SCC(C)C. The molecule has 0 spiro atoms. The van der Waals surface area contributed by atoms with E-state index in [1.165, 1.54) is 0 Å². The van der Waals surface area contributed by atoms with Crippen LogP contribution < -0.4 is 11.3 Å². The number of thioether (sulfide) groups is 1. The van der Waals surface area contributed by atoms with Crippen LogP contribution in [0.15, 0.2) is 11.2 Å². The maximum atomic E-state index is 5.24. The van der Waals surface area contributed by atoms with Crippen molar-refractivity contribution in [3.8, 4) is 0 Å².